The molecule has 6 atom stereocenters. The molecule has 2 fully saturated rings. The lowest BCUT2D eigenvalue weighted by Gasteiger charge is -2.41. The van der Waals surface area contributed by atoms with Crippen molar-refractivity contribution in [1.29, 1.82) is 0 Å². The summed E-state index contributed by atoms with van der Waals surface area (Å²) in [5, 5.41) is 12.6. The third-order valence-electron chi connectivity index (χ3n) is 5.89. The number of methoxy groups -OCH3 is 2. The van der Waals surface area contributed by atoms with Crippen LogP contribution in [0.15, 0.2) is 30.4 Å². The Morgan fingerprint density at radius 1 is 1.04 bits per heavy atom. The monoisotopic (exact) mass is 343 g/mol. The number of hydrogen-bond donors (Lipinski definition) is 2. The highest BCUT2D eigenvalue weighted by atomic mass is 16.5. The lowest BCUT2D eigenvalue weighted by molar-refractivity contribution is -0.152. The fourth-order valence-corrected chi connectivity index (χ4v) is 4.71. The van der Waals surface area contributed by atoms with Crippen molar-refractivity contribution in [3.63, 3.8) is 0 Å². The highest BCUT2D eigenvalue weighted by Crippen LogP contribution is 2.63. The SMILES string of the molecule is COc1ccc(NC(=O)[C@@H]2[C@@H]3C=C[C@@H]([C@@H]4C[C@H]34)[C@@H]2C(=O)O)cc1OC. The first-order valence-corrected chi connectivity index (χ1v) is 8.49. The Bertz CT molecular complexity index is 758. The van der Waals surface area contributed by atoms with Crippen LogP contribution in [0.3, 0.4) is 0 Å². The topological polar surface area (TPSA) is 84.9 Å². The largest absolute Gasteiger partial charge is 0.493 e. The van der Waals surface area contributed by atoms with Gasteiger partial charge in [0, 0.05) is 11.8 Å². The number of carboxylic acids is 1. The van der Waals surface area contributed by atoms with Gasteiger partial charge in [0.05, 0.1) is 26.1 Å². The van der Waals surface area contributed by atoms with Crippen LogP contribution in [-0.2, 0) is 9.59 Å². The summed E-state index contributed by atoms with van der Waals surface area (Å²) in [7, 11) is 3.08. The summed E-state index contributed by atoms with van der Waals surface area (Å²) in [6.07, 6.45) is 5.10. The zero-order valence-corrected chi connectivity index (χ0v) is 14.1. The molecule has 4 aliphatic carbocycles. The van der Waals surface area contributed by atoms with Gasteiger partial charge < -0.3 is 19.9 Å². The molecule has 6 heteroatoms. The average molecular weight is 343 g/mol. The van der Waals surface area contributed by atoms with Crippen LogP contribution in [0.5, 0.6) is 11.5 Å². The van der Waals surface area contributed by atoms with Crippen molar-refractivity contribution >= 4 is 17.6 Å². The van der Waals surface area contributed by atoms with Crippen LogP contribution in [0.4, 0.5) is 5.69 Å². The van der Waals surface area contributed by atoms with Gasteiger partial charge >= 0.3 is 5.97 Å². The number of carbonyl (C=O) groups excluding carboxylic acids is 1. The van der Waals surface area contributed by atoms with Gasteiger partial charge in [0.15, 0.2) is 11.5 Å². The van der Waals surface area contributed by atoms with Crippen molar-refractivity contribution in [3.05, 3.63) is 30.4 Å². The number of allylic oxidation sites excluding steroid dienone is 2. The van der Waals surface area contributed by atoms with Gasteiger partial charge in [-0.1, -0.05) is 12.2 Å². The van der Waals surface area contributed by atoms with Gasteiger partial charge in [-0.05, 0) is 42.2 Å². The molecule has 4 aliphatic rings. The minimum atomic E-state index is -0.878. The summed E-state index contributed by atoms with van der Waals surface area (Å²) in [5.74, 6) is -0.269. The number of carbonyl (C=O) groups is 2. The quantitative estimate of drug-likeness (QED) is 0.802. The second-order valence-electron chi connectivity index (χ2n) is 7.05. The molecule has 0 radical (unpaired) electrons. The van der Waals surface area contributed by atoms with E-state index in [9.17, 15) is 14.7 Å². The smallest absolute Gasteiger partial charge is 0.307 e. The predicted molar refractivity (Wildman–Crippen MR) is 90.5 cm³/mol. The Kier molecular flexibility index (Phi) is 3.71. The Hall–Kier alpha value is -2.50. The molecule has 132 valence electrons. The minimum Gasteiger partial charge on any atom is -0.493 e. The van der Waals surface area contributed by atoms with Crippen molar-refractivity contribution in [1.82, 2.24) is 0 Å². The number of carboxylic acid groups (broad SMARTS) is 1. The van der Waals surface area contributed by atoms with Gasteiger partial charge in [-0.3, -0.25) is 9.59 Å². The molecule has 1 aromatic rings. The Morgan fingerprint density at radius 3 is 2.28 bits per heavy atom. The van der Waals surface area contributed by atoms with Crippen LogP contribution in [0, 0.1) is 35.5 Å². The molecule has 1 amide bonds. The van der Waals surface area contributed by atoms with Crippen LogP contribution in [0.25, 0.3) is 0 Å². The van der Waals surface area contributed by atoms with Crippen molar-refractivity contribution in [2.24, 2.45) is 35.5 Å². The third kappa shape index (κ3) is 2.47. The maximum atomic E-state index is 12.9. The molecule has 0 saturated heterocycles. The van der Waals surface area contributed by atoms with E-state index < -0.39 is 17.8 Å². The van der Waals surface area contributed by atoms with Crippen LogP contribution in [0.2, 0.25) is 0 Å². The van der Waals surface area contributed by atoms with Crippen molar-refractivity contribution in [3.8, 4) is 11.5 Å². The first-order valence-electron chi connectivity index (χ1n) is 8.49. The zero-order valence-electron chi connectivity index (χ0n) is 14.1. The Labute approximate surface area is 145 Å². The van der Waals surface area contributed by atoms with Crippen molar-refractivity contribution < 1.29 is 24.2 Å². The van der Waals surface area contributed by atoms with E-state index in [-0.39, 0.29) is 17.7 Å². The van der Waals surface area contributed by atoms with E-state index in [1.165, 1.54) is 7.11 Å². The molecule has 2 N–H and O–H groups in total. The second-order valence-corrected chi connectivity index (χ2v) is 7.05. The molecule has 6 nitrogen and oxygen atoms in total. The molecule has 2 saturated carbocycles. The summed E-state index contributed by atoms with van der Waals surface area (Å²) in [5.41, 5.74) is 0.574. The van der Waals surface area contributed by atoms with Gasteiger partial charge in [-0.15, -0.1) is 0 Å². The maximum Gasteiger partial charge on any atom is 0.307 e. The number of aliphatic carboxylic acids is 1. The first kappa shape index (κ1) is 16.0. The number of nitrogens with one attached hydrogen (secondary N) is 1. The standard InChI is InChI=1S/C19H21NO5/c1-24-14-6-3-9(7-15(14)25-2)20-18(21)16-10-4-5-11(13-8-12(10)13)17(16)19(22)23/h3-7,10-13,16-17H,8H2,1-2H3,(H,20,21)(H,22,23)/t10-,11+,12-,13+,16-,17+/m1/s1. The maximum absolute atomic E-state index is 12.9. The fraction of sp³-hybridized carbons (Fsp3) is 0.474. The summed E-state index contributed by atoms with van der Waals surface area (Å²) in [6.45, 7) is 0. The molecule has 25 heavy (non-hydrogen) atoms. The Morgan fingerprint density at radius 2 is 1.68 bits per heavy atom. The molecular weight excluding hydrogens is 322 g/mol. The summed E-state index contributed by atoms with van der Waals surface area (Å²) in [6, 6.07) is 5.13. The molecule has 1 aromatic carbocycles. The second kappa shape index (κ2) is 5.79. The number of hydrogen-bond acceptors (Lipinski definition) is 4. The van der Waals surface area contributed by atoms with E-state index in [1.54, 1.807) is 25.3 Å². The highest BCUT2D eigenvalue weighted by Gasteiger charge is 2.62. The molecule has 0 aromatic heterocycles. The molecule has 5 rings (SSSR count). The van der Waals surface area contributed by atoms with E-state index in [2.05, 4.69) is 11.4 Å². The minimum absolute atomic E-state index is 0.0198. The number of benzene rings is 1. The highest BCUT2D eigenvalue weighted by molar-refractivity contribution is 5.96. The number of anilines is 1. The van der Waals surface area contributed by atoms with E-state index in [0.29, 0.717) is 29.0 Å². The number of ether oxygens (including phenoxy) is 2. The van der Waals surface area contributed by atoms with E-state index >= 15 is 0 Å². The third-order valence-corrected chi connectivity index (χ3v) is 5.89. The van der Waals surface area contributed by atoms with Crippen molar-refractivity contribution in [2.45, 2.75) is 6.42 Å². The Balaban J connectivity index is 1.58. The molecular formula is C19H21NO5. The molecule has 0 unspecified atom stereocenters. The van der Waals surface area contributed by atoms with Gasteiger partial charge in [0.2, 0.25) is 5.91 Å². The fourth-order valence-electron chi connectivity index (χ4n) is 4.71. The number of rotatable bonds is 5. The van der Waals surface area contributed by atoms with E-state index in [0.717, 1.165) is 6.42 Å². The predicted octanol–water partition coefficient (Wildman–Crippen LogP) is 2.41. The summed E-state index contributed by atoms with van der Waals surface area (Å²) in [4.78, 5) is 24.7. The molecule has 0 aliphatic heterocycles. The average Bonchev–Trinajstić information content (AvgIpc) is 3.43. The van der Waals surface area contributed by atoms with Gasteiger partial charge in [-0.2, -0.15) is 0 Å². The van der Waals surface area contributed by atoms with E-state index in [4.69, 9.17) is 9.47 Å². The van der Waals surface area contributed by atoms with Gasteiger partial charge in [-0.25, -0.2) is 0 Å². The van der Waals surface area contributed by atoms with Crippen molar-refractivity contribution in [2.75, 3.05) is 19.5 Å². The number of amides is 1. The van der Waals surface area contributed by atoms with Crippen LogP contribution in [-0.4, -0.2) is 31.2 Å². The molecule has 2 bridgehead atoms. The van der Waals surface area contributed by atoms with Gasteiger partial charge in [0.1, 0.15) is 0 Å². The normalized spacial score (nSPS) is 34.2. The lowest BCUT2D eigenvalue weighted by atomic mass is 9.62. The molecule has 0 heterocycles. The summed E-state index contributed by atoms with van der Waals surface area (Å²) >= 11 is 0. The van der Waals surface area contributed by atoms with Crippen LogP contribution in [0.1, 0.15) is 6.42 Å². The zero-order chi connectivity index (χ0) is 17.7. The first-order chi connectivity index (χ1) is 12.0. The van der Waals surface area contributed by atoms with Gasteiger partial charge in [0.25, 0.3) is 0 Å². The van der Waals surface area contributed by atoms with E-state index in [1.807, 2.05) is 6.08 Å². The molecule has 0 spiro atoms. The lowest BCUT2D eigenvalue weighted by Crippen LogP contribution is -2.48. The number of fused-ring (bicyclic) bond motifs is 1. The van der Waals surface area contributed by atoms with Crippen LogP contribution < -0.4 is 14.8 Å². The summed E-state index contributed by atoms with van der Waals surface area (Å²) < 4.78 is 10.5. The van der Waals surface area contributed by atoms with Crippen LogP contribution >= 0.6 is 0 Å².